The predicted molar refractivity (Wildman–Crippen MR) is 106 cm³/mol. The first-order valence-corrected chi connectivity index (χ1v) is 10.00. The molecule has 5 heteroatoms. The molecule has 0 spiro atoms. The predicted octanol–water partition coefficient (Wildman–Crippen LogP) is 2.70. The molecule has 1 saturated heterocycles. The summed E-state index contributed by atoms with van der Waals surface area (Å²) in [4.78, 5) is 26.3. The molecule has 2 fully saturated rings. The van der Waals surface area contributed by atoms with E-state index in [9.17, 15) is 14.7 Å². The molecule has 2 aliphatic rings. The number of amides is 2. The van der Waals surface area contributed by atoms with Gasteiger partial charge in [0.2, 0.25) is 11.8 Å². The lowest BCUT2D eigenvalue weighted by molar-refractivity contribution is -0.150. The van der Waals surface area contributed by atoms with Crippen molar-refractivity contribution in [2.75, 3.05) is 13.2 Å². The van der Waals surface area contributed by atoms with Crippen LogP contribution in [0.2, 0.25) is 0 Å². The third-order valence-corrected chi connectivity index (χ3v) is 5.68. The summed E-state index contributed by atoms with van der Waals surface area (Å²) in [6.45, 7) is 4.18. The summed E-state index contributed by atoms with van der Waals surface area (Å²) in [6, 6.07) is 7.90. The molecular formula is C22H30N2O3. The second-order valence-electron chi connectivity index (χ2n) is 7.62. The quantitative estimate of drug-likeness (QED) is 0.739. The average Bonchev–Trinajstić information content (AvgIpc) is 3.46. The minimum absolute atomic E-state index is 0.0253. The van der Waals surface area contributed by atoms with Crippen molar-refractivity contribution < 1.29 is 14.7 Å². The number of hydrogen-bond donors (Lipinski definition) is 2. The number of aliphatic hydroxyl groups excluding tert-OH is 1. The molecule has 2 amide bonds. The minimum atomic E-state index is -0.227. The number of aliphatic hydroxyl groups is 1. The molecule has 1 aromatic carbocycles. The Kier molecular flexibility index (Phi) is 6.32. The Labute approximate surface area is 161 Å². The van der Waals surface area contributed by atoms with E-state index in [1.165, 1.54) is 0 Å². The molecule has 3 rings (SSSR count). The van der Waals surface area contributed by atoms with Crippen molar-refractivity contribution in [3.05, 3.63) is 41.5 Å². The van der Waals surface area contributed by atoms with Gasteiger partial charge in [0.1, 0.15) is 0 Å². The van der Waals surface area contributed by atoms with Crippen LogP contribution in [0, 0.1) is 5.92 Å². The molecular weight excluding hydrogens is 340 g/mol. The first-order valence-electron chi connectivity index (χ1n) is 10.00. The molecule has 0 bridgehead atoms. The van der Waals surface area contributed by atoms with Crippen LogP contribution in [0.15, 0.2) is 30.3 Å². The number of nitrogens with one attached hydrogen (secondary N) is 1. The Bertz CT molecular complexity index is 694. The van der Waals surface area contributed by atoms with Gasteiger partial charge in [-0.1, -0.05) is 43.3 Å². The molecule has 2 N–H and O–H groups in total. The fraction of sp³-hybridized carbons (Fsp3) is 0.545. The lowest BCUT2D eigenvalue weighted by Crippen LogP contribution is -2.68. The highest BCUT2D eigenvalue weighted by Crippen LogP contribution is 2.41. The molecule has 146 valence electrons. The third kappa shape index (κ3) is 4.41. The van der Waals surface area contributed by atoms with Gasteiger partial charge in [0.15, 0.2) is 0 Å². The van der Waals surface area contributed by atoms with Gasteiger partial charge >= 0.3 is 0 Å². The smallest absolute Gasteiger partial charge is 0.222 e. The SMILES string of the molecule is C/C=C/c1ccc([C@@H]2[C@@H](CO)N(C(=O)CC)[C@H]2CNC(=O)CC2CC2)cc1. The third-order valence-electron chi connectivity index (χ3n) is 5.68. The van der Waals surface area contributed by atoms with Crippen LogP contribution in [-0.4, -0.2) is 47.1 Å². The standard InChI is InChI=1S/C22H30N2O3/c1-3-5-15-8-10-17(11-9-15)22-18(13-23-20(26)12-16-6-7-16)24(19(22)14-25)21(27)4-2/h3,5,8-11,16,18-19,22,25H,4,6-7,12-14H2,1-2H3,(H,23,26)/b5-3+/t18-,19+,22-/m0/s1. The number of hydrogen-bond acceptors (Lipinski definition) is 3. The number of carbonyl (C=O) groups is 2. The Balaban J connectivity index is 1.74. The van der Waals surface area contributed by atoms with Gasteiger partial charge in [-0.25, -0.2) is 0 Å². The van der Waals surface area contributed by atoms with Crippen molar-refractivity contribution in [1.82, 2.24) is 10.2 Å². The number of nitrogens with zero attached hydrogens (tertiary/aromatic N) is 1. The van der Waals surface area contributed by atoms with E-state index >= 15 is 0 Å². The Morgan fingerprint density at radius 2 is 1.93 bits per heavy atom. The summed E-state index contributed by atoms with van der Waals surface area (Å²) in [5.74, 6) is 0.666. The van der Waals surface area contributed by atoms with Crippen LogP contribution in [0.1, 0.15) is 56.6 Å². The van der Waals surface area contributed by atoms with Gasteiger partial charge in [-0.05, 0) is 36.8 Å². The van der Waals surface area contributed by atoms with Gasteiger partial charge in [0, 0.05) is 25.3 Å². The maximum absolute atomic E-state index is 12.4. The van der Waals surface area contributed by atoms with Crippen LogP contribution in [-0.2, 0) is 9.59 Å². The summed E-state index contributed by atoms with van der Waals surface area (Å²) in [7, 11) is 0. The van der Waals surface area contributed by atoms with Crippen molar-refractivity contribution >= 4 is 17.9 Å². The zero-order chi connectivity index (χ0) is 19.4. The number of rotatable bonds is 8. The lowest BCUT2D eigenvalue weighted by atomic mass is 9.74. The Morgan fingerprint density at radius 3 is 2.48 bits per heavy atom. The second-order valence-corrected chi connectivity index (χ2v) is 7.62. The van der Waals surface area contributed by atoms with E-state index in [2.05, 4.69) is 29.6 Å². The molecule has 1 heterocycles. The topological polar surface area (TPSA) is 69.6 Å². The van der Waals surface area contributed by atoms with Gasteiger partial charge < -0.3 is 15.3 Å². The maximum atomic E-state index is 12.4. The highest BCUT2D eigenvalue weighted by Gasteiger charge is 2.50. The van der Waals surface area contributed by atoms with Crippen LogP contribution in [0.4, 0.5) is 0 Å². The van der Waals surface area contributed by atoms with Crippen molar-refractivity contribution in [3.8, 4) is 0 Å². The first kappa shape index (κ1) is 19.6. The van der Waals surface area contributed by atoms with Gasteiger partial charge in [0.25, 0.3) is 0 Å². The molecule has 3 atom stereocenters. The number of carbonyl (C=O) groups excluding carboxylic acids is 2. The molecule has 27 heavy (non-hydrogen) atoms. The zero-order valence-electron chi connectivity index (χ0n) is 16.2. The van der Waals surface area contributed by atoms with Crippen molar-refractivity contribution in [2.24, 2.45) is 5.92 Å². The summed E-state index contributed by atoms with van der Waals surface area (Å²) in [6.07, 6.45) is 7.30. The van der Waals surface area contributed by atoms with Crippen LogP contribution in [0.25, 0.3) is 6.08 Å². The molecule has 0 aromatic heterocycles. The Hall–Kier alpha value is -2.14. The van der Waals surface area contributed by atoms with E-state index < -0.39 is 0 Å². The summed E-state index contributed by atoms with van der Waals surface area (Å²) >= 11 is 0. The fourth-order valence-corrected chi connectivity index (χ4v) is 4.07. The van der Waals surface area contributed by atoms with Crippen molar-refractivity contribution in [3.63, 3.8) is 0 Å². The maximum Gasteiger partial charge on any atom is 0.222 e. The molecule has 0 unspecified atom stereocenters. The van der Waals surface area contributed by atoms with Crippen LogP contribution >= 0.6 is 0 Å². The molecule has 5 nitrogen and oxygen atoms in total. The van der Waals surface area contributed by atoms with E-state index in [0.717, 1.165) is 24.0 Å². The lowest BCUT2D eigenvalue weighted by Gasteiger charge is -2.55. The molecule has 0 radical (unpaired) electrons. The molecule has 1 aromatic rings. The number of likely N-dealkylation sites (tertiary alicyclic amines) is 1. The molecule has 1 saturated carbocycles. The van der Waals surface area contributed by atoms with Crippen LogP contribution < -0.4 is 5.32 Å². The number of allylic oxidation sites excluding steroid dienone is 1. The highest BCUT2D eigenvalue weighted by molar-refractivity contribution is 5.79. The van der Waals surface area contributed by atoms with Crippen LogP contribution in [0.5, 0.6) is 0 Å². The fourth-order valence-electron chi connectivity index (χ4n) is 4.07. The normalized spacial score (nSPS) is 24.7. The van der Waals surface area contributed by atoms with Crippen LogP contribution in [0.3, 0.4) is 0 Å². The van der Waals surface area contributed by atoms with E-state index in [0.29, 0.717) is 25.3 Å². The van der Waals surface area contributed by atoms with Gasteiger partial charge in [0.05, 0.1) is 18.7 Å². The first-order chi connectivity index (χ1) is 13.1. The number of benzene rings is 1. The van der Waals surface area contributed by atoms with Gasteiger partial charge in [-0.15, -0.1) is 0 Å². The van der Waals surface area contributed by atoms with Crippen molar-refractivity contribution in [1.29, 1.82) is 0 Å². The monoisotopic (exact) mass is 370 g/mol. The average molecular weight is 370 g/mol. The molecule has 1 aliphatic heterocycles. The zero-order valence-corrected chi connectivity index (χ0v) is 16.2. The Morgan fingerprint density at radius 1 is 1.22 bits per heavy atom. The molecule has 1 aliphatic carbocycles. The minimum Gasteiger partial charge on any atom is -0.394 e. The van der Waals surface area contributed by atoms with Crippen molar-refractivity contribution in [2.45, 2.75) is 57.5 Å². The van der Waals surface area contributed by atoms with E-state index in [4.69, 9.17) is 0 Å². The van der Waals surface area contributed by atoms with E-state index in [1.807, 2.05) is 26.0 Å². The second kappa shape index (κ2) is 8.70. The summed E-state index contributed by atoms with van der Waals surface area (Å²) < 4.78 is 0. The largest absolute Gasteiger partial charge is 0.394 e. The van der Waals surface area contributed by atoms with E-state index in [-0.39, 0.29) is 36.4 Å². The van der Waals surface area contributed by atoms with Gasteiger partial charge in [-0.3, -0.25) is 9.59 Å². The van der Waals surface area contributed by atoms with E-state index in [1.54, 1.807) is 4.90 Å². The summed E-state index contributed by atoms with van der Waals surface area (Å²) in [5.41, 5.74) is 2.22. The highest BCUT2D eigenvalue weighted by atomic mass is 16.3. The summed E-state index contributed by atoms with van der Waals surface area (Å²) in [5, 5.41) is 12.9. The van der Waals surface area contributed by atoms with Gasteiger partial charge in [-0.2, -0.15) is 0 Å².